The molecule has 0 atom stereocenters. The zero-order valence-corrected chi connectivity index (χ0v) is 39.0. The van der Waals surface area contributed by atoms with Crippen LogP contribution in [0.1, 0.15) is 50.3 Å². The number of nitrogens with two attached hydrogens (primary N) is 1. The molecular formula is C46H47F6N13O7. The van der Waals surface area contributed by atoms with Crippen LogP contribution in [-0.2, 0) is 30.4 Å². The van der Waals surface area contributed by atoms with E-state index in [1.807, 2.05) is 23.9 Å². The quantitative estimate of drug-likeness (QED) is 0.0926. The number of primary amides is 1. The Kier molecular flexibility index (Phi) is 13.8. The average Bonchev–Trinajstić information content (AvgIpc) is 3.99. The fourth-order valence-electron chi connectivity index (χ4n) is 8.64. The second-order valence-corrected chi connectivity index (χ2v) is 17.2. The summed E-state index contributed by atoms with van der Waals surface area (Å²) in [5, 5.41) is 13.6. The first-order valence-electron chi connectivity index (χ1n) is 22.8. The van der Waals surface area contributed by atoms with Crippen molar-refractivity contribution in [1.82, 2.24) is 40.0 Å². The number of aromatic nitrogens is 6. The lowest BCUT2D eigenvalue weighted by Gasteiger charge is -2.34. The van der Waals surface area contributed by atoms with Crippen LogP contribution in [-0.4, -0.2) is 138 Å². The van der Waals surface area contributed by atoms with Crippen molar-refractivity contribution >= 4 is 46.5 Å². The molecular weight excluding hydrogens is 961 g/mol. The highest BCUT2D eigenvalue weighted by Crippen LogP contribution is 2.40. The number of halogens is 6. The molecule has 0 bridgehead atoms. The van der Waals surface area contributed by atoms with Crippen molar-refractivity contribution in [1.29, 1.82) is 0 Å². The van der Waals surface area contributed by atoms with E-state index in [9.17, 15) is 35.9 Å². The first kappa shape index (κ1) is 49.2. The van der Waals surface area contributed by atoms with Gasteiger partial charge < -0.3 is 59.2 Å². The van der Waals surface area contributed by atoms with Crippen LogP contribution in [0.15, 0.2) is 57.8 Å². The number of nitrogens with zero attached hydrogens (tertiary/aromatic N) is 10. The van der Waals surface area contributed by atoms with Gasteiger partial charge in [0.2, 0.25) is 23.4 Å². The number of anilines is 6. The lowest BCUT2D eigenvalue weighted by molar-refractivity contribution is -0.275. The van der Waals surface area contributed by atoms with Gasteiger partial charge in [0.1, 0.15) is 22.8 Å². The third-order valence-corrected chi connectivity index (χ3v) is 12.3. The van der Waals surface area contributed by atoms with Crippen molar-refractivity contribution in [2.75, 3.05) is 93.5 Å². The van der Waals surface area contributed by atoms with E-state index in [1.54, 1.807) is 31.5 Å². The molecule has 1 amide bonds. The Morgan fingerprint density at radius 3 is 1.49 bits per heavy atom. The maximum atomic E-state index is 13.2. The number of rotatable bonds is 11. The molecule has 0 unspecified atom stereocenters. The number of esters is 1. The summed E-state index contributed by atoms with van der Waals surface area (Å²) in [5.41, 5.74) is 11.0. The van der Waals surface area contributed by atoms with Gasteiger partial charge in [0.25, 0.3) is 5.91 Å². The number of fused-ring (bicyclic) bond motifs is 6. The standard InChI is InChI=1S/C24H25F3N6O4.C22H22F3N7O3/c1-3-35-22(34)21-16-6-4-14-13-28-23(30-19(14)20(16)31-37-21)29-17-7-5-15(12-18(17)36-24(25,26)27)33-10-8-32(2)9-11-33;1-31-6-8-32(9-7-31)13-3-5-15(16(10-13)34-22(23,24)25)28-21-27-11-12-2-4-14-18(17(12)29-21)30-35-19(14)20(26)33/h5,7,12-13H,3-4,6,8-11H2,1-2H3,(H,28,29,30);3,5,10-11H,2,4,6-9H2,1H3,(H2,26,33)(H,27,28,29). The second kappa shape index (κ2) is 20.2. The molecule has 0 saturated carbocycles. The second-order valence-electron chi connectivity index (χ2n) is 17.2. The predicted octanol–water partition coefficient (Wildman–Crippen LogP) is 6.52. The van der Waals surface area contributed by atoms with E-state index >= 15 is 0 Å². The number of likely N-dealkylation sites (N-methyl/N-ethyl adjacent to an activating group) is 2. The molecule has 4 N–H and O–H groups in total. The van der Waals surface area contributed by atoms with Crippen molar-refractivity contribution in [2.45, 2.75) is 45.3 Å². The Balaban J connectivity index is 0.000000178. The zero-order chi connectivity index (χ0) is 50.9. The monoisotopic (exact) mass is 1010 g/mol. The van der Waals surface area contributed by atoms with Gasteiger partial charge in [0, 0.05) is 99.4 Å². The molecule has 26 heteroatoms. The molecule has 0 radical (unpaired) electrons. The maximum absolute atomic E-state index is 13.2. The van der Waals surface area contributed by atoms with Crippen molar-refractivity contribution in [3.05, 3.63) is 82.6 Å². The van der Waals surface area contributed by atoms with Gasteiger partial charge in [0.05, 0.1) is 18.0 Å². The van der Waals surface area contributed by atoms with Gasteiger partial charge in [-0.1, -0.05) is 10.3 Å². The first-order chi connectivity index (χ1) is 34.4. The molecule has 4 aromatic heterocycles. The highest BCUT2D eigenvalue weighted by Gasteiger charge is 2.35. The van der Waals surface area contributed by atoms with Crippen LogP contribution < -0.4 is 35.6 Å². The topological polar surface area (TPSA) is 228 Å². The molecule has 2 aliphatic heterocycles. The minimum Gasteiger partial charge on any atom is -0.460 e. The number of hydrogen-bond acceptors (Lipinski definition) is 19. The Morgan fingerprint density at radius 2 is 1.07 bits per heavy atom. The minimum absolute atomic E-state index is 0.0241. The van der Waals surface area contributed by atoms with Crippen molar-refractivity contribution in [2.24, 2.45) is 5.73 Å². The normalized spacial score (nSPS) is 15.8. The van der Waals surface area contributed by atoms with E-state index in [-0.39, 0.29) is 41.4 Å². The van der Waals surface area contributed by atoms with E-state index in [1.165, 1.54) is 24.3 Å². The highest BCUT2D eigenvalue weighted by molar-refractivity contribution is 5.93. The number of hydrogen-bond donors (Lipinski definition) is 3. The number of carbonyl (C=O) groups is 2. The summed E-state index contributed by atoms with van der Waals surface area (Å²) in [5.74, 6) is -2.04. The Bertz CT molecular complexity index is 2970. The van der Waals surface area contributed by atoms with Gasteiger partial charge in [-0.05, 0) is 82.1 Å². The summed E-state index contributed by atoms with van der Waals surface area (Å²) in [6, 6.07) is 9.19. The zero-order valence-electron chi connectivity index (χ0n) is 39.0. The van der Waals surface area contributed by atoms with Crippen LogP contribution >= 0.6 is 0 Å². The van der Waals surface area contributed by atoms with E-state index < -0.39 is 36.1 Å². The molecule has 380 valence electrons. The molecule has 0 spiro atoms. The molecule has 20 nitrogen and oxygen atoms in total. The molecule has 10 rings (SSSR count). The van der Waals surface area contributed by atoms with Crippen molar-refractivity contribution in [3.63, 3.8) is 0 Å². The fourth-order valence-corrected chi connectivity index (χ4v) is 8.64. The van der Waals surface area contributed by atoms with Gasteiger partial charge in [-0.15, -0.1) is 26.3 Å². The third-order valence-electron chi connectivity index (χ3n) is 12.3. The lowest BCUT2D eigenvalue weighted by Crippen LogP contribution is -2.44. The van der Waals surface area contributed by atoms with Crippen molar-refractivity contribution < 1.29 is 59.2 Å². The van der Waals surface area contributed by atoms with E-state index in [2.05, 4.69) is 60.2 Å². The average molecular weight is 1010 g/mol. The van der Waals surface area contributed by atoms with Gasteiger partial charge in [0.15, 0.2) is 11.5 Å². The molecule has 72 heavy (non-hydrogen) atoms. The number of ether oxygens (including phenoxy) is 3. The largest absolute Gasteiger partial charge is 0.573 e. The van der Waals surface area contributed by atoms with Crippen LogP contribution in [0.3, 0.4) is 0 Å². The van der Waals surface area contributed by atoms with Crippen LogP contribution in [0, 0.1) is 0 Å². The number of aryl methyl sites for hydroxylation is 2. The Morgan fingerprint density at radius 1 is 0.639 bits per heavy atom. The van der Waals surface area contributed by atoms with Gasteiger partial charge in [-0.2, -0.15) is 0 Å². The number of carbonyl (C=O) groups excluding carboxylic acids is 2. The van der Waals surface area contributed by atoms with Gasteiger partial charge in [-0.25, -0.2) is 24.7 Å². The smallest absolute Gasteiger partial charge is 0.460 e. The molecule has 4 aliphatic rings. The summed E-state index contributed by atoms with van der Waals surface area (Å²) >= 11 is 0. The fraction of sp³-hybridized carbons (Fsp3) is 0.391. The highest BCUT2D eigenvalue weighted by atomic mass is 19.4. The molecule has 2 aromatic carbocycles. The number of amides is 1. The number of nitrogens with one attached hydrogen (secondary N) is 2. The van der Waals surface area contributed by atoms with Crippen LogP contribution in [0.5, 0.6) is 11.5 Å². The summed E-state index contributed by atoms with van der Waals surface area (Å²) in [6.45, 7) is 7.87. The number of piperazine rings is 2. The molecule has 2 aliphatic carbocycles. The molecule has 6 aromatic rings. The van der Waals surface area contributed by atoms with E-state index in [0.717, 1.165) is 37.3 Å². The van der Waals surface area contributed by atoms with Crippen LogP contribution in [0.2, 0.25) is 0 Å². The summed E-state index contributed by atoms with van der Waals surface area (Å²) in [6.07, 6.45) is -4.57. The third kappa shape index (κ3) is 11.1. The maximum Gasteiger partial charge on any atom is 0.573 e. The SMILES string of the molecule is CCOC(=O)c1onc2c1CCc1cnc(Nc3ccc(N4CCN(C)CC4)cc3OC(F)(F)F)nc1-2.CN1CCN(c2ccc(Nc3ncc4c(n3)-c3noc(C(N)=O)c3CC4)c(OC(F)(F)F)c2)CC1. The van der Waals surface area contributed by atoms with Crippen molar-refractivity contribution in [3.8, 4) is 34.3 Å². The van der Waals surface area contributed by atoms with Crippen LogP contribution in [0.25, 0.3) is 22.8 Å². The minimum atomic E-state index is -4.88. The Hall–Kier alpha value is -7.74. The summed E-state index contributed by atoms with van der Waals surface area (Å²) < 4.78 is 103. The van der Waals surface area contributed by atoms with E-state index in [4.69, 9.17) is 19.5 Å². The lowest BCUT2D eigenvalue weighted by atomic mass is 9.93. The van der Waals surface area contributed by atoms with Crippen LogP contribution in [0.4, 0.5) is 61.0 Å². The molecule has 2 fully saturated rings. The van der Waals surface area contributed by atoms with E-state index in [0.29, 0.717) is 97.1 Å². The molecule has 2 saturated heterocycles. The van der Waals surface area contributed by atoms with Gasteiger partial charge >= 0.3 is 18.7 Å². The summed E-state index contributed by atoms with van der Waals surface area (Å²) in [4.78, 5) is 49.5. The molecule has 6 heterocycles. The summed E-state index contributed by atoms with van der Waals surface area (Å²) in [7, 11) is 4.00. The predicted molar refractivity (Wildman–Crippen MR) is 247 cm³/mol. The van der Waals surface area contributed by atoms with Gasteiger partial charge in [-0.3, -0.25) is 4.79 Å². The number of benzene rings is 2. The first-order valence-corrected chi connectivity index (χ1v) is 22.8. The number of alkyl halides is 6. The Labute approximate surface area is 406 Å².